The van der Waals surface area contributed by atoms with Crippen LogP contribution in [0, 0.1) is 11.6 Å². The van der Waals surface area contributed by atoms with Gasteiger partial charge >= 0.3 is 6.18 Å². The first-order valence-corrected chi connectivity index (χ1v) is 11.5. The van der Waals surface area contributed by atoms with E-state index in [4.69, 9.17) is 0 Å². The van der Waals surface area contributed by atoms with Gasteiger partial charge in [-0.05, 0) is 79.9 Å². The van der Waals surface area contributed by atoms with Gasteiger partial charge in [0.1, 0.15) is 17.2 Å². The van der Waals surface area contributed by atoms with E-state index in [0.29, 0.717) is 43.1 Å². The van der Waals surface area contributed by atoms with Crippen molar-refractivity contribution in [2.75, 3.05) is 19.6 Å². The van der Waals surface area contributed by atoms with E-state index in [1.165, 1.54) is 12.1 Å². The topological polar surface area (TPSA) is 86.0 Å². The number of aromatic nitrogens is 1. The Morgan fingerprint density at radius 1 is 0.972 bits per heavy atom. The highest BCUT2D eigenvalue weighted by molar-refractivity contribution is 5.92. The Bertz CT molecular complexity index is 1270. The third kappa shape index (κ3) is 5.67. The number of hydrogen-bond acceptors (Lipinski definition) is 3. The molecule has 192 valence electrons. The molecule has 36 heavy (non-hydrogen) atoms. The van der Waals surface area contributed by atoms with Crippen LogP contribution in [0.3, 0.4) is 0 Å². The lowest BCUT2D eigenvalue weighted by Crippen LogP contribution is -2.63. The number of H-pyrrole nitrogens is 1. The number of carbonyl (C=O) groups excluding carboxylic acids is 2. The normalized spacial score (nSPS) is 15.6. The van der Waals surface area contributed by atoms with E-state index in [1.54, 1.807) is 12.3 Å². The van der Waals surface area contributed by atoms with Gasteiger partial charge < -0.3 is 20.9 Å². The molecule has 1 saturated heterocycles. The number of aromatic amines is 1. The van der Waals surface area contributed by atoms with E-state index in [2.05, 4.69) is 20.9 Å². The molecule has 1 aliphatic heterocycles. The summed E-state index contributed by atoms with van der Waals surface area (Å²) < 4.78 is 67.2. The van der Waals surface area contributed by atoms with Crippen molar-refractivity contribution in [1.29, 1.82) is 0 Å². The van der Waals surface area contributed by atoms with Gasteiger partial charge in [0, 0.05) is 23.6 Å². The lowest BCUT2D eigenvalue weighted by molar-refractivity contribution is -0.139. The maximum Gasteiger partial charge on any atom is 0.416 e. The molecule has 2 heterocycles. The number of alkyl halides is 3. The SMILES string of the molecule is O=C(Cc1cc(F)ccc1C(F)(F)F)NC1(C(=O)NCCc2c[nH]c3ccc(F)cc23)CCNCC1. The zero-order valence-electron chi connectivity index (χ0n) is 19.2. The van der Waals surface area contributed by atoms with Gasteiger partial charge in [-0.15, -0.1) is 0 Å². The number of rotatable bonds is 7. The first kappa shape index (κ1) is 25.6. The minimum absolute atomic E-state index is 0.204. The molecular weight excluding hydrogens is 483 g/mol. The summed E-state index contributed by atoms with van der Waals surface area (Å²) in [7, 11) is 0. The Kier molecular flexibility index (Phi) is 7.30. The Balaban J connectivity index is 1.44. The lowest BCUT2D eigenvalue weighted by atomic mass is 9.86. The van der Waals surface area contributed by atoms with Gasteiger partial charge in [0.05, 0.1) is 12.0 Å². The molecule has 0 atom stereocenters. The maximum absolute atomic E-state index is 13.6. The molecule has 3 aromatic rings. The minimum atomic E-state index is -4.75. The van der Waals surface area contributed by atoms with E-state index < -0.39 is 46.9 Å². The van der Waals surface area contributed by atoms with Gasteiger partial charge in [0.15, 0.2) is 0 Å². The second kappa shape index (κ2) is 10.3. The smallest absolute Gasteiger partial charge is 0.361 e. The highest BCUT2D eigenvalue weighted by atomic mass is 19.4. The predicted octanol–water partition coefficient (Wildman–Crippen LogP) is 3.60. The maximum atomic E-state index is 13.6. The summed E-state index contributed by atoms with van der Waals surface area (Å²) in [6, 6.07) is 6.33. The summed E-state index contributed by atoms with van der Waals surface area (Å²) in [5.41, 5.74) is -1.36. The fraction of sp³-hybridized carbons (Fsp3) is 0.360. The molecule has 0 aliphatic carbocycles. The van der Waals surface area contributed by atoms with Crippen LogP contribution in [-0.2, 0) is 28.6 Å². The van der Waals surface area contributed by atoms with Crippen molar-refractivity contribution in [3.8, 4) is 0 Å². The molecule has 0 radical (unpaired) electrons. The summed E-state index contributed by atoms with van der Waals surface area (Å²) in [6.07, 6.45) is -2.88. The third-order valence-electron chi connectivity index (χ3n) is 6.40. The standard InChI is InChI=1S/C25H25F5N4O2/c26-17-1-3-20(25(28,29)30)16(11-17)12-22(35)34-24(6-9-31-10-7-24)23(36)32-8-5-15-14-33-21-4-2-18(27)13-19(15)21/h1-4,11,13-14,31,33H,5-10,12H2,(H,32,36)(H,34,35). The van der Waals surface area contributed by atoms with Crippen LogP contribution in [0.15, 0.2) is 42.6 Å². The second-order valence-corrected chi connectivity index (χ2v) is 8.87. The molecule has 0 bridgehead atoms. The Labute approximate surface area is 203 Å². The number of fused-ring (bicyclic) bond motifs is 1. The molecule has 11 heteroatoms. The summed E-state index contributed by atoms with van der Waals surface area (Å²) in [6.45, 7) is 1.04. The Hall–Kier alpha value is -3.47. The lowest BCUT2D eigenvalue weighted by Gasteiger charge is -2.37. The molecule has 1 fully saturated rings. The Morgan fingerprint density at radius 2 is 1.67 bits per heavy atom. The fourth-order valence-electron chi connectivity index (χ4n) is 4.57. The summed E-state index contributed by atoms with van der Waals surface area (Å²) >= 11 is 0. The number of benzene rings is 2. The van der Waals surface area contributed by atoms with E-state index in [9.17, 15) is 31.5 Å². The average molecular weight is 508 g/mol. The first-order chi connectivity index (χ1) is 17.1. The average Bonchev–Trinajstić information content (AvgIpc) is 3.20. The van der Waals surface area contributed by atoms with Crippen molar-refractivity contribution in [2.45, 2.75) is 37.4 Å². The molecule has 6 nitrogen and oxygen atoms in total. The van der Waals surface area contributed by atoms with Crippen LogP contribution in [0.2, 0.25) is 0 Å². The quantitative estimate of drug-likeness (QED) is 0.368. The molecule has 1 aliphatic rings. The zero-order valence-corrected chi connectivity index (χ0v) is 19.2. The van der Waals surface area contributed by atoms with Crippen molar-refractivity contribution in [3.63, 3.8) is 0 Å². The monoisotopic (exact) mass is 508 g/mol. The van der Waals surface area contributed by atoms with Crippen molar-refractivity contribution >= 4 is 22.7 Å². The Morgan fingerprint density at radius 3 is 2.39 bits per heavy atom. The highest BCUT2D eigenvalue weighted by Gasteiger charge is 2.41. The van der Waals surface area contributed by atoms with Gasteiger partial charge in [-0.3, -0.25) is 9.59 Å². The van der Waals surface area contributed by atoms with E-state index in [1.807, 2.05) is 0 Å². The van der Waals surface area contributed by atoms with Crippen LogP contribution in [0.1, 0.15) is 29.5 Å². The number of carbonyl (C=O) groups is 2. The zero-order chi connectivity index (χ0) is 25.9. The van der Waals surface area contributed by atoms with Gasteiger partial charge in [-0.25, -0.2) is 8.78 Å². The molecule has 1 aromatic heterocycles. The van der Waals surface area contributed by atoms with E-state index in [-0.39, 0.29) is 25.2 Å². The molecule has 0 spiro atoms. The van der Waals surface area contributed by atoms with Gasteiger partial charge in [0.2, 0.25) is 11.8 Å². The van der Waals surface area contributed by atoms with Gasteiger partial charge in [-0.2, -0.15) is 13.2 Å². The molecule has 4 N–H and O–H groups in total. The van der Waals surface area contributed by atoms with Crippen molar-refractivity contribution in [1.82, 2.24) is 20.9 Å². The van der Waals surface area contributed by atoms with Crippen LogP contribution in [-0.4, -0.2) is 42.0 Å². The highest BCUT2D eigenvalue weighted by Crippen LogP contribution is 2.33. The number of hydrogen-bond donors (Lipinski definition) is 4. The molecular formula is C25H25F5N4O2. The summed E-state index contributed by atoms with van der Waals surface area (Å²) in [5.74, 6) is -2.54. The predicted molar refractivity (Wildman–Crippen MR) is 123 cm³/mol. The summed E-state index contributed by atoms with van der Waals surface area (Å²) in [4.78, 5) is 29.0. The molecule has 0 unspecified atom stereocenters. The van der Waals surface area contributed by atoms with Gasteiger partial charge in [-0.1, -0.05) is 0 Å². The van der Waals surface area contributed by atoms with Crippen molar-refractivity contribution < 1.29 is 31.5 Å². The second-order valence-electron chi connectivity index (χ2n) is 8.87. The van der Waals surface area contributed by atoms with Crippen LogP contribution in [0.25, 0.3) is 10.9 Å². The molecule has 0 saturated carbocycles. The number of amides is 2. The van der Waals surface area contributed by atoms with Crippen LogP contribution >= 0.6 is 0 Å². The number of halogens is 5. The number of piperidine rings is 1. The van der Waals surface area contributed by atoms with E-state index in [0.717, 1.165) is 11.1 Å². The first-order valence-electron chi connectivity index (χ1n) is 11.5. The third-order valence-corrected chi connectivity index (χ3v) is 6.40. The molecule has 2 amide bonds. The number of nitrogens with one attached hydrogen (secondary N) is 4. The largest absolute Gasteiger partial charge is 0.416 e. The minimum Gasteiger partial charge on any atom is -0.361 e. The fourth-order valence-corrected chi connectivity index (χ4v) is 4.57. The van der Waals surface area contributed by atoms with Gasteiger partial charge in [0.25, 0.3) is 0 Å². The summed E-state index contributed by atoms with van der Waals surface area (Å²) in [5, 5.41) is 9.21. The van der Waals surface area contributed by atoms with E-state index >= 15 is 0 Å². The van der Waals surface area contributed by atoms with Crippen LogP contribution < -0.4 is 16.0 Å². The molecule has 4 rings (SSSR count). The molecule has 2 aromatic carbocycles. The van der Waals surface area contributed by atoms with Crippen LogP contribution in [0.4, 0.5) is 22.0 Å². The van der Waals surface area contributed by atoms with Crippen molar-refractivity contribution in [2.24, 2.45) is 0 Å². The van der Waals surface area contributed by atoms with Crippen molar-refractivity contribution in [3.05, 3.63) is 70.9 Å². The van der Waals surface area contributed by atoms with Crippen LogP contribution in [0.5, 0.6) is 0 Å².